The number of nitrogens with zero attached hydrogens (tertiary/aromatic N) is 4. The number of pyridine rings is 1. The summed E-state index contributed by atoms with van der Waals surface area (Å²) >= 11 is 0. The maximum Gasteiger partial charge on any atom is 0.267 e. The summed E-state index contributed by atoms with van der Waals surface area (Å²) in [5.41, 5.74) is 0.578. The number of rotatable bonds is 6. The molecule has 37 heavy (non-hydrogen) atoms. The molecule has 1 N–H and O–H groups in total. The third kappa shape index (κ3) is 5.05. The van der Waals surface area contributed by atoms with Crippen LogP contribution in [0, 0.1) is 11.3 Å². The van der Waals surface area contributed by atoms with Gasteiger partial charge in [0.1, 0.15) is 28.9 Å². The van der Waals surface area contributed by atoms with Gasteiger partial charge in [0, 0.05) is 37.8 Å². The Labute approximate surface area is 213 Å². The summed E-state index contributed by atoms with van der Waals surface area (Å²) in [6.45, 7) is 4.66. The van der Waals surface area contributed by atoms with E-state index in [1.807, 2.05) is 17.9 Å². The Morgan fingerprint density at radius 1 is 1.19 bits per heavy atom. The van der Waals surface area contributed by atoms with Gasteiger partial charge in [0.05, 0.1) is 25.4 Å². The summed E-state index contributed by atoms with van der Waals surface area (Å²) < 4.78 is 18.5. The lowest BCUT2D eigenvalue weighted by atomic mass is 10.0. The lowest BCUT2D eigenvalue weighted by Gasteiger charge is -2.38. The number of aromatic nitrogens is 2. The van der Waals surface area contributed by atoms with Crippen molar-refractivity contribution in [3.63, 3.8) is 0 Å². The number of nitrogens with one attached hydrogen (secondary N) is 1. The van der Waals surface area contributed by atoms with Gasteiger partial charge in [-0.05, 0) is 49.4 Å². The Morgan fingerprint density at radius 3 is 2.59 bits per heavy atom. The number of nitriles is 1. The molecule has 10 heteroatoms. The maximum atomic E-state index is 13.5. The maximum absolute atomic E-state index is 13.5. The van der Waals surface area contributed by atoms with Crippen molar-refractivity contribution in [2.75, 3.05) is 43.1 Å². The predicted octanol–water partition coefficient (Wildman–Crippen LogP) is 2.98. The Morgan fingerprint density at radius 2 is 1.92 bits per heavy atom. The van der Waals surface area contributed by atoms with Crippen LogP contribution in [-0.2, 0) is 14.3 Å². The predicted molar refractivity (Wildman–Crippen MR) is 137 cm³/mol. The molecule has 2 saturated heterocycles. The number of carbonyl (C=O) groups excluding carboxylic acids is 1. The van der Waals surface area contributed by atoms with E-state index in [2.05, 4.69) is 5.32 Å². The number of hydrogen-bond acceptors (Lipinski definition) is 8. The molecule has 0 aliphatic carbocycles. The van der Waals surface area contributed by atoms with Crippen LogP contribution in [0.25, 0.3) is 11.7 Å². The van der Waals surface area contributed by atoms with Crippen LogP contribution < -0.4 is 20.5 Å². The van der Waals surface area contributed by atoms with Crippen molar-refractivity contribution in [2.24, 2.45) is 0 Å². The van der Waals surface area contributed by atoms with Gasteiger partial charge in [-0.25, -0.2) is 4.98 Å². The molecule has 3 aromatic rings. The second-order valence-electron chi connectivity index (χ2n) is 8.76. The zero-order chi connectivity index (χ0) is 25.8. The minimum Gasteiger partial charge on any atom is -0.494 e. The molecule has 1 aromatic carbocycles. The highest BCUT2D eigenvalue weighted by molar-refractivity contribution is 6.10. The van der Waals surface area contributed by atoms with E-state index in [4.69, 9.17) is 19.2 Å². The van der Waals surface area contributed by atoms with E-state index >= 15 is 0 Å². The summed E-state index contributed by atoms with van der Waals surface area (Å²) in [6, 6.07) is 14.0. The molecule has 4 heterocycles. The minimum atomic E-state index is -0.625. The molecule has 2 fully saturated rings. The van der Waals surface area contributed by atoms with Crippen LogP contribution in [0.2, 0.25) is 0 Å². The van der Waals surface area contributed by atoms with E-state index in [-0.39, 0.29) is 16.7 Å². The number of benzene rings is 1. The van der Waals surface area contributed by atoms with Crippen LogP contribution >= 0.6 is 0 Å². The summed E-state index contributed by atoms with van der Waals surface area (Å²) in [5.74, 6) is -0.118. The molecule has 0 unspecified atom stereocenters. The summed E-state index contributed by atoms with van der Waals surface area (Å²) in [6.07, 6.45) is 4.18. The number of fused-ring (bicyclic) bond motifs is 1. The molecule has 10 nitrogen and oxygen atoms in total. The molecule has 190 valence electrons. The summed E-state index contributed by atoms with van der Waals surface area (Å²) in [7, 11) is 0. The first-order valence-electron chi connectivity index (χ1n) is 12.2. The van der Waals surface area contributed by atoms with E-state index in [1.165, 1.54) is 10.5 Å². The average Bonchev–Trinajstić information content (AvgIpc) is 3.37. The highest BCUT2D eigenvalue weighted by atomic mass is 16.7. The summed E-state index contributed by atoms with van der Waals surface area (Å²) in [5, 5.41) is 12.5. The first kappa shape index (κ1) is 24.5. The molecule has 0 bridgehead atoms. The van der Waals surface area contributed by atoms with Gasteiger partial charge in [0.25, 0.3) is 11.5 Å². The number of ether oxygens (including phenoxy) is 3. The van der Waals surface area contributed by atoms with Crippen molar-refractivity contribution in [1.29, 1.82) is 5.26 Å². The average molecular weight is 502 g/mol. The van der Waals surface area contributed by atoms with Gasteiger partial charge < -0.3 is 24.4 Å². The van der Waals surface area contributed by atoms with Gasteiger partial charge in [-0.15, -0.1) is 0 Å². The normalized spacial score (nSPS) is 17.1. The fraction of sp³-hybridized carbons (Fsp3) is 0.333. The Hall–Kier alpha value is -4.20. The SMILES string of the molecule is CCOc1ccc(NC(=O)C(C#N)=Cc2c(N3CCC4(CC3)OCCO4)nc3ccccn3c2=O)cc1. The molecule has 0 radical (unpaired) electrons. The zero-order valence-corrected chi connectivity index (χ0v) is 20.5. The van der Waals surface area contributed by atoms with Crippen molar-refractivity contribution in [1.82, 2.24) is 9.38 Å². The summed E-state index contributed by atoms with van der Waals surface area (Å²) in [4.78, 5) is 33.2. The number of amides is 1. The number of carbonyl (C=O) groups is 1. The van der Waals surface area contributed by atoms with Crippen molar-refractivity contribution in [3.8, 4) is 11.8 Å². The third-order valence-corrected chi connectivity index (χ3v) is 6.46. The molecule has 2 aliphatic heterocycles. The lowest BCUT2D eigenvalue weighted by Crippen LogP contribution is -2.46. The van der Waals surface area contributed by atoms with Crippen LogP contribution in [0.1, 0.15) is 25.3 Å². The zero-order valence-electron chi connectivity index (χ0n) is 20.5. The monoisotopic (exact) mass is 501 g/mol. The van der Waals surface area contributed by atoms with E-state index in [1.54, 1.807) is 48.7 Å². The van der Waals surface area contributed by atoms with Crippen molar-refractivity contribution in [2.45, 2.75) is 25.6 Å². The minimum absolute atomic E-state index is 0.173. The van der Waals surface area contributed by atoms with Crippen molar-refractivity contribution >= 4 is 29.1 Å². The second kappa shape index (κ2) is 10.4. The molecule has 1 amide bonds. The van der Waals surface area contributed by atoms with Crippen LogP contribution in [0.5, 0.6) is 5.75 Å². The van der Waals surface area contributed by atoms with E-state index in [0.29, 0.717) is 68.7 Å². The van der Waals surface area contributed by atoms with Crippen LogP contribution in [-0.4, -0.2) is 54.0 Å². The first-order valence-corrected chi connectivity index (χ1v) is 12.2. The van der Waals surface area contributed by atoms with Gasteiger partial charge >= 0.3 is 0 Å². The fourth-order valence-corrected chi connectivity index (χ4v) is 4.60. The van der Waals surface area contributed by atoms with Gasteiger partial charge in [-0.1, -0.05) is 6.07 Å². The Balaban J connectivity index is 1.48. The van der Waals surface area contributed by atoms with Crippen LogP contribution in [0.3, 0.4) is 0 Å². The molecule has 2 aliphatic rings. The Bertz CT molecular complexity index is 1420. The largest absolute Gasteiger partial charge is 0.494 e. The second-order valence-corrected chi connectivity index (χ2v) is 8.76. The van der Waals surface area contributed by atoms with Crippen molar-refractivity contribution < 1.29 is 19.0 Å². The van der Waals surface area contributed by atoms with Gasteiger partial charge in [-0.3, -0.25) is 14.0 Å². The fourth-order valence-electron chi connectivity index (χ4n) is 4.60. The van der Waals surface area contributed by atoms with Crippen molar-refractivity contribution in [3.05, 3.63) is 70.2 Å². The number of piperidine rings is 1. The third-order valence-electron chi connectivity index (χ3n) is 6.46. The van der Waals surface area contributed by atoms with Crippen LogP contribution in [0.4, 0.5) is 11.5 Å². The highest BCUT2D eigenvalue weighted by Crippen LogP contribution is 2.33. The van der Waals surface area contributed by atoms with Crippen LogP contribution in [0.15, 0.2) is 59.0 Å². The Kier molecular flexibility index (Phi) is 6.90. The molecule has 5 rings (SSSR count). The molecule has 0 saturated carbocycles. The molecular weight excluding hydrogens is 474 g/mol. The lowest BCUT2D eigenvalue weighted by molar-refractivity contribution is -0.169. The number of hydrogen-bond donors (Lipinski definition) is 1. The topological polar surface area (TPSA) is 118 Å². The van der Waals surface area contributed by atoms with E-state index < -0.39 is 11.7 Å². The van der Waals surface area contributed by atoms with Gasteiger partial charge in [-0.2, -0.15) is 5.26 Å². The highest BCUT2D eigenvalue weighted by Gasteiger charge is 2.40. The van der Waals surface area contributed by atoms with E-state index in [9.17, 15) is 14.9 Å². The smallest absolute Gasteiger partial charge is 0.267 e. The van der Waals surface area contributed by atoms with E-state index in [0.717, 1.165) is 0 Å². The molecule has 2 aromatic heterocycles. The van der Waals surface area contributed by atoms with Gasteiger partial charge in [0.2, 0.25) is 0 Å². The first-order chi connectivity index (χ1) is 18.0. The molecule has 1 spiro atoms. The van der Waals surface area contributed by atoms with Gasteiger partial charge in [0.15, 0.2) is 5.79 Å². The molecule has 0 atom stereocenters. The quantitative estimate of drug-likeness (QED) is 0.405. The molecular formula is C27H27N5O5. The standard InChI is InChI=1S/C27H27N5O5/c1-2-35-21-8-6-20(7-9-21)29-25(33)19(18-28)17-22-24(30-23-5-3-4-12-32(23)26(22)34)31-13-10-27(11-14-31)36-15-16-37-27/h3-9,12,17H,2,10-11,13-16H2,1H3,(H,29,33). The number of anilines is 2.